The van der Waals surface area contributed by atoms with Crippen LogP contribution in [0, 0.1) is 5.82 Å². The van der Waals surface area contributed by atoms with Crippen molar-refractivity contribution < 1.29 is 18.1 Å². The molecule has 0 saturated heterocycles. The van der Waals surface area contributed by atoms with Gasteiger partial charge in [-0.3, -0.25) is 9.53 Å². The molecule has 4 rings (SSSR count). The van der Waals surface area contributed by atoms with Crippen molar-refractivity contribution in [3.05, 3.63) is 54.0 Å². The van der Waals surface area contributed by atoms with Crippen LogP contribution in [0.2, 0.25) is 0 Å². The third kappa shape index (κ3) is 5.61. The van der Waals surface area contributed by atoms with E-state index in [1.54, 1.807) is 53.7 Å². The van der Waals surface area contributed by atoms with Crippen LogP contribution in [0.15, 0.2) is 42.6 Å². The number of amides is 1. The number of nitrogen functional groups attached to an aromatic ring is 2. The van der Waals surface area contributed by atoms with Gasteiger partial charge in [0.05, 0.1) is 19.0 Å². The van der Waals surface area contributed by atoms with Gasteiger partial charge < -0.3 is 16.2 Å². The Morgan fingerprint density at radius 1 is 1.15 bits per heavy atom. The highest BCUT2D eigenvalue weighted by Crippen LogP contribution is 2.30. The van der Waals surface area contributed by atoms with Crippen LogP contribution in [0.25, 0.3) is 22.6 Å². The van der Waals surface area contributed by atoms with Crippen molar-refractivity contribution in [1.82, 2.24) is 24.7 Å². The number of benzene rings is 1. The number of nitrogens with one attached hydrogen (secondary N) is 1. The van der Waals surface area contributed by atoms with Gasteiger partial charge in [0.15, 0.2) is 23.1 Å². The normalized spacial score (nSPS) is 10.6. The number of halogens is 1. The maximum atomic E-state index is 14.1. The Morgan fingerprint density at radius 3 is 2.41 bits per heavy atom. The first-order valence-corrected chi connectivity index (χ1v) is 11.8. The van der Waals surface area contributed by atoms with Gasteiger partial charge in [0.2, 0.25) is 0 Å². The van der Waals surface area contributed by atoms with Gasteiger partial charge in [-0.1, -0.05) is 18.2 Å². The van der Waals surface area contributed by atoms with Crippen LogP contribution < -0.4 is 16.8 Å². The molecule has 11 nitrogen and oxygen atoms in total. The van der Waals surface area contributed by atoms with E-state index in [4.69, 9.17) is 11.5 Å². The predicted molar refractivity (Wildman–Crippen MR) is 129 cm³/mol. The monoisotopic (exact) mass is 486 g/mol. The smallest absolute Gasteiger partial charge is 0.411 e. The van der Waals surface area contributed by atoms with Gasteiger partial charge in [-0.2, -0.15) is 5.10 Å². The molecule has 178 valence electrons. The van der Waals surface area contributed by atoms with Crippen molar-refractivity contribution in [2.75, 3.05) is 36.4 Å². The fourth-order valence-electron chi connectivity index (χ4n) is 2.96. The maximum Gasteiger partial charge on any atom is 0.411 e. The van der Waals surface area contributed by atoms with Gasteiger partial charge >= 0.3 is 6.09 Å². The third-order valence-electron chi connectivity index (χ3n) is 4.37. The number of carbonyl (C=O) groups excluding carboxylic acids is 1. The number of fused-ring (bicyclic) bond motifs is 1. The highest BCUT2D eigenvalue weighted by molar-refractivity contribution is 7.83. The quantitative estimate of drug-likeness (QED) is 0.393. The Labute approximate surface area is 196 Å². The number of hydrogen-bond donors (Lipinski definition) is 3. The molecule has 13 heteroatoms. The molecule has 0 radical (unpaired) electrons. The second kappa shape index (κ2) is 10.7. The summed E-state index contributed by atoms with van der Waals surface area (Å²) in [6.07, 6.45) is 4.13. The second-order valence-electron chi connectivity index (χ2n) is 7.02. The van der Waals surface area contributed by atoms with Crippen LogP contribution in [0.5, 0.6) is 0 Å². The molecule has 1 aromatic carbocycles. The summed E-state index contributed by atoms with van der Waals surface area (Å²) >= 11 is 0. The van der Waals surface area contributed by atoms with Gasteiger partial charge in [-0.25, -0.2) is 28.8 Å². The molecule has 0 unspecified atom stereocenters. The lowest BCUT2D eigenvalue weighted by molar-refractivity contribution is 0.187. The first-order valence-electron chi connectivity index (χ1n) is 9.79. The van der Waals surface area contributed by atoms with Crippen LogP contribution in [-0.2, 0) is 22.1 Å². The minimum absolute atomic E-state index is 0.0406. The molecule has 0 aliphatic heterocycles. The first kappa shape index (κ1) is 24.5. The number of rotatable bonds is 4. The highest BCUT2D eigenvalue weighted by atomic mass is 32.2. The zero-order chi connectivity index (χ0) is 24.8. The minimum atomic E-state index is -0.756. The fourth-order valence-corrected chi connectivity index (χ4v) is 2.96. The Hall–Kier alpha value is -4.13. The Balaban J connectivity index is 0.000000751. The average Bonchev–Trinajstić information content (AvgIpc) is 3.15. The van der Waals surface area contributed by atoms with Gasteiger partial charge in [0.1, 0.15) is 17.2 Å². The molecule has 0 bridgehead atoms. The van der Waals surface area contributed by atoms with E-state index in [9.17, 15) is 13.4 Å². The van der Waals surface area contributed by atoms with E-state index in [0.717, 1.165) is 0 Å². The van der Waals surface area contributed by atoms with E-state index in [1.807, 2.05) is 0 Å². The molecule has 3 aromatic heterocycles. The predicted octanol–water partition coefficient (Wildman–Crippen LogP) is 2.41. The first-order chi connectivity index (χ1) is 16.2. The minimum Gasteiger partial charge on any atom is -0.453 e. The molecule has 5 N–H and O–H groups in total. The molecule has 0 atom stereocenters. The molecule has 3 heterocycles. The molecule has 1 amide bonds. The number of ether oxygens (including phenoxy) is 1. The lowest BCUT2D eigenvalue weighted by atomic mass is 10.2. The molecular weight excluding hydrogens is 463 g/mol. The average molecular weight is 487 g/mol. The summed E-state index contributed by atoms with van der Waals surface area (Å²) in [6, 6.07) is 9.95. The number of pyridine rings is 1. The van der Waals surface area contributed by atoms with Crippen LogP contribution in [0.3, 0.4) is 0 Å². The lowest BCUT2D eigenvalue weighted by Gasteiger charge is -2.10. The SMILES string of the molecule is COC(=O)Nc1c(N)nc(-c2nn(Cc3ccccc3F)c3ncccc23)nc1N.CS(C)=O. The second-order valence-corrected chi connectivity index (χ2v) is 8.51. The number of aromatic nitrogens is 5. The van der Waals surface area contributed by atoms with E-state index in [0.29, 0.717) is 22.3 Å². The van der Waals surface area contributed by atoms with Crippen LogP contribution >= 0.6 is 0 Å². The van der Waals surface area contributed by atoms with E-state index < -0.39 is 16.9 Å². The fraction of sp³-hybridized carbons (Fsp3) is 0.190. The molecule has 34 heavy (non-hydrogen) atoms. The number of nitrogens with two attached hydrogens (primary N) is 2. The van der Waals surface area contributed by atoms with E-state index >= 15 is 0 Å². The van der Waals surface area contributed by atoms with Crippen molar-refractivity contribution in [3.63, 3.8) is 0 Å². The molecule has 4 aromatic rings. The number of methoxy groups -OCH3 is 1. The molecule has 0 aliphatic carbocycles. The maximum absolute atomic E-state index is 14.1. The van der Waals surface area contributed by atoms with Crippen LogP contribution in [0.1, 0.15) is 5.56 Å². The van der Waals surface area contributed by atoms with E-state index in [1.165, 1.54) is 13.2 Å². The number of hydrogen-bond acceptors (Lipinski definition) is 9. The lowest BCUT2D eigenvalue weighted by Crippen LogP contribution is -2.16. The third-order valence-corrected chi connectivity index (χ3v) is 4.37. The van der Waals surface area contributed by atoms with Gasteiger partial charge in [0.25, 0.3) is 0 Å². The summed E-state index contributed by atoms with van der Waals surface area (Å²) in [5.74, 6) is -0.306. The Bertz CT molecular complexity index is 1330. The van der Waals surface area contributed by atoms with Crippen molar-refractivity contribution in [1.29, 1.82) is 0 Å². The van der Waals surface area contributed by atoms with Crippen molar-refractivity contribution >= 4 is 45.2 Å². The summed E-state index contributed by atoms with van der Waals surface area (Å²) in [5.41, 5.74) is 13.3. The van der Waals surface area contributed by atoms with Crippen molar-refractivity contribution in [2.45, 2.75) is 6.54 Å². The van der Waals surface area contributed by atoms with E-state index in [2.05, 4.69) is 30.1 Å². The summed E-state index contributed by atoms with van der Waals surface area (Å²) in [4.78, 5) is 24.3. The van der Waals surface area contributed by atoms with Crippen molar-refractivity contribution in [2.24, 2.45) is 0 Å². The standard InChI is InChI=1S/C19H17FN8O2.C2H6OS/c1-30-19(29)24-14-15(21)25-17(26-16(14)22)13-11-6-4-8-23-18(11)28(27-13)9-10-5-2-3-7-12(10)20;1-4(2)3/h2-8H,9H2,1H3,(H,24,29)(H4,21,22,25,26);1-2H3. The highest BCUT2D eigenvalue weighted by Gasteiger charge is 2.20. The topological polar surface area (TPSA) is 164 Å². The van der Waals surface area contributed by atoms with Gasteiger partial charge in [0, 0.05) is 35.1 Å². The number of anilines is 3. The summed E-state index contributed by atoms with van der Waals surface area (Å²) < 4.78 is 29.8. The zero-order valence-electron chi connectivity index (χ0n) is 18.7. The van der Waals surface area contributed by atoms with Crippen molar-refractivity contribution in [3.8, 4) is 11.5 Å². The van der Waals surface area contributed by atoms with Crippen LogP contribution in [-0.4, -0.2) is 54.7 Å². The molecule has 0 saturated carbocycles. The molecule has 0 fully saturated rings. The summed E-state index contributed by atoms with van der Waals surface area (Å²) in [6.45, 7) is 0.160. The van der Waals surface area contributed by atoms with Gasteiger partial charge in [-0.05, 0) is 18.2 Å². The summed E-state index contributed by atoms with van der Waals surface area (Å²) in [7, 11) is 0.596. The Morgan fingerprint density at radius 2 is 1.79 bits per heavy atom. The summed E-state index contributed by atoms with van der Waals surface area (Å²) in [5, 5.41) is 7.54. The largest absolute Gasteiger partial charge is 0.453 e. The zero-order valence-corrected chi connectivity index (χ0v) is 19.5. The van der Waals surface area contributed by atoms with E-state index in [-0.39, 0.29) is 35.5 Å². The molecule has 0 aliphatic rings. The number of nitrogens with zero attached hydrogens (tertiary/aromatic N) is 5. The van der Waals surface area contributed by atoms with Crippen LogP contribution in [0.4, 0.5) is 26.5 Å². The molecule has 0 spiro atoms. The Kier molecular flexibility index (Phi) is 7.68. The number of carbonyl (C=O) groups is 1. The molecular formula is C21H23FN8O3S. The van der Waals surface area contributed by atoms with Gasteiger partial charge in [-0.15, -0.1) is 0 Å².